The SMILES string of the molecule is CN(C)c1ncccc1CNC(=O)N1CCCC(NC(=O)OC(C)(C)C)C1. The lowest BCUT2D eigenvalue weighted by Crippen LogP contribution is -2.52. The lowest BCUT2D eigenvalue weighted by Gasteiger charge is -2.33. The van der Waals surface area contributed by atoms with Crippen LogP contribution in [0.3, 0.4) is 0 Å². The van der Waals surface area contributed by atoms with E-state index in [2.05, 4.69) is 15.6 Å². The van der Waals surface area contributed by atoms with E-state index in [4.69, 9.17) is 4.74 Å². The van der Waals surface area contributed by atoms with Crippen molar-refractivity contribution >= 4 is 17.9 Å². The second kappa shape index (κ2) is 8.92. The Balaban J connectivity index is 1.87. The minimum atomic E-state index is -0.538. The van der Waals surface area contributed by atoms with Crippen molar-refractivity contribution < 1.29 is 14.3 Å². The molecule has 1 saturated heterocycles. The first-order valence-electron chi connectivity index (χ1n) is 9.29. The van der Waals surface area contributed by atoms with Crippen LogP contribution >= 0.6 is 0 Å². The van der Waals surface area contributed by atoms with Gasteiger partial charge < -0.3 is 25.2 Å². The van der Waals surface area contributed by atoms with Gasteiger partial charge in [0, 0.05) is 51.5 Å². The summed E-state index contributed by atoms with van der Waals surface area (Å²) in [6, 6.07) is 3.57. The number of nitrogens with one attached hydrogen (secondary N) is 2. The molecule has 2 N–H and O–H groups in total. The van der Waals surface area contributed by atoms with E-state index in [-0.39, 0.29) is 12.1 Å². The molecule has 1 atom stereocenters. The summed E-state index contributed by atoms with van der Waals surface area (Å²) >= 11 is 0. The predicted octanol–water partition coefficient (Wildman–Crippen LogP) is 2.35. The standard InChI is InChI=1S/C19H31N5O3/c1-19(2,3)27-18(26)22-15-9-7-11-24(13-15)17(25)21-12-14-8-6-10-20-16(14)23(4)5/h6,8,10,15H,7,9,11-13H2,1-5H3,(H,21,25)(H,22,26). The number of carbonyl (C=O) groups is 2. The molecular weight excluding hydrogens is 346 g/mol. The zero-order valence-corrected chi connectivity index (χ0v) is 16.9. The van der Waals surface area contributed by atoms with E-state index in [9.17, 15) is 9.59 Å². The molecule has 1 aromatic heterocycles. The highest BCUT2D eigenvalue weighted by Crippen LogP contribution is 2.15. The smallest absolute Gasteiger partial charge is 0.407 e. The van der Waals surface area contributed by atoms with Gasteiger partial charge in [-0.3, -0.25) is 0 Å². The molecule has 0 saturated carbocycles. The van der Waals surface area contributed by atoms with Gasteiger partial charge in [0.25, 0.3) is 0 Å². The van der Waals surface area contributed by atoms with Crippen molar-refractivity contribution in [3.63, 3.8) is 0 Å². The summed E-state index contributed by atoms with van der Waals surface area (Å²) in [5.74, 6) is 0.834. The lowest BCUT2D eigenvalue weighted by molar-refractivity contribution is 0.0479. The molecule has 150 valence electrons. The fourth-order valence-corrected chi connectivity index (χ4v) is 3.01. The monoisotopic (exact) mass is 377 g/mol. The molecule has 2 heterocycles. The van der Waals surface area contributed by atoms with Crippen LogP contribution in [0.4, 0.5) is 15.4 Å². The van der Waals surface area contributed by atoms with Gasteiger partial charge in [-0.25, -0.2) is 14.6 Å². The van der Waals surface area contributed by atoms with Gasteiger partial charge >= 0.3 is 12.1 Å². The first-order chi connectivity index (χ1) is 12.7. The summed E-state index contributed by atoms with van der Waals surface area (Å²) in [6.45, 7) is 7.03. The van der Waals surface area contributed by atoms with Crippen molar-refractivity contribution in [2.24, 2.45) is 0 Å². The third kappa shape index (κ3) is 6.62. The fourth-order valence-electron chi connectivity index (χ4n) is 3.01. The van der Waals surface area contributed by atoms with Crippen LogP contribution in [0.15, 0.2) is 18.3 Å². The van der Waals surface area contributed by atoms with Gasteiger partial charge in [0.1, 0.15) is 11.4 Å². The number of amides is 3. The van der Waals surface area contributed by atoms with E-state index >= 15 is 0 Å². The first kappa shape index (κ1) is 20.8. The molecule has 0 aromatic carbocycles. The molecule has 1 fully saturated rings. The number of anilines is 1. The van der Waals surface area contributed by atoms with Crippen molar-refractivity contribution in [1.29, 1.82) is 0 Å². The molecular formula is C19H31N5O3. The fraction of sp³-hybridized carbons (Fsp3) is 0.632. The van der Waals surface area contributed by atoms with Crippen LogP contribution in [0.25, 0.3) is 0 Å². The molecule has 0 aliphatic carbocycles. The molecule has 1 aliphatic heterocycles. The predicted molar refractivity (Wildman–Crippen MR) is 105 cm³/mol. The molecule has 27 heavy (non-hydrogen) atoms. The molecule has 1 unspecified atom stereocenters. The van der Waals surface area contributed by atoms with E-state index in [1.165, 1.54) is 0 Å². The van der Waals surface area contributed by atoms with Crippen LogP contribution in [0.2, 0.25) is 0 Å². The molecule has 1 aliphatic rings. The van der Waals surface area contributed by atoms with Crippen molar-refractivity contribution in [3.8, 4) is 0 Å². The maximum absolute atomic E-state index is 12.5. The number of likely N-dealkylation sites (tertiary alicyclic amines) is 1. The summed E-state index contributed by atoms with van der Waals surface area (Å²) in [6.07, 6.45) is 2.96. The summed E-state index contributed by atoms with van der Waals surface area (Å²) in [5.41, 5.74) is 0.417. The zero-order chi connectivity index (χ0) is 20.0. The minimum Gasteiger partial charge on any atom is -0.444 e. The number of hydrogen-bond donors (Lipinski definition) is 2. The quantitative estimate of drug-likeness (QED) is 0.841. The third-order valence-electron chi connectivity index (χ3n) is 4.15. The highest BCUT2D eigenvalue weighted by molar-refractivity contribution is 5.75. The highest BCUT2D eigenvalue weighted by Gasteiger charge is 2.26. The Morgan fingerprint density at radius 3 is 2.78 bits per heavy atom. The molecule has 8 heteroatoms. The molecule has 0 spiro atoms. The topological polar surface area (TPSA) is 86.8 Å². The van der Waals surface area contributed by atoms with Crippen molar-refractivity contribution in [2.75, 3.05) is 32.1 Å². The first-order valence-corrected chi connectivity index (χ1v) is 9.29. The number of urea groups is 1. The molecule has 8 nitrogen and oxygen atoms in total. The Morgan fingerprint density at radius 1 is 1.37 bits per heavy atom. The summed E-state index contributed by atoms with van der Waals surface area (Å²) in [4.78, 5) is 32.5. The number of ether oxygens (including phenoxy) is 1. The maximum Gasteiger partial charge on any atom is 0.407 e. The van der Waals surface area contributed by atoms with Crippen LogP contribution in [0.5, 0.6) is 0 Å². The van der Waals surface area contributed by atoms with Gasteiger partial charge in [0.15, 0.2) is 0 Å². The van der Waals surface area contributed by atoms with Crippen LogP contribution in [-0.2, 0) is 11.3 Å². The summed E-state index contributed by atoms with van der Waals surface area (Å²) < 4.78 is 5.30. The third-order valence-corrected chi connectivity index (χ3v) is 4.15. The number of carbonyl (C=O) groups excluding carboxylic acids is 2. The Kier molecular flexibility index (Phi) is 6.87. The molecule has 0 radical (unpaired) electrons. The van der Waals surface area contributed by atoms with Gasteiger partial charge in [-0.15, -0.1) is 0 Å². The Labute approximate surface area is 161 Å². The second-order valence-corrected chi connectivity index (χ2v) is 7.97. The zero-order valence-electron chi connectivity index (χ0n) is 16.9. The van der Waals surface area contributed by atoms with Gasteiger partial charge in [0.05, 0.1) is 0 Å². The van der Waals surface area contributed by atoms with Crippen LogP contribution < -0.4 is 15.5 Å². The normalized spacial score (nSPS) is 17.2. The number of piperidine rings is 1. The molecule has 3 amide bonds. The maximum atomic E-state index is 12.5. The summed E-state index contributed by atoms with van der Waals surface area (Å²) in [5, 5.41) is 5.81. The molecule has 0 bridgehead atoms. The minimum absolute atomic E-state index is 0.102. The van der Waals surface area contributed by atoms with Crippen molar-refractivity contribution in [2.45, 2.75) is 51.8 Å². The summed E-state index contributed by atoms with van der Waals surface area (Å²) in [7, 11) is 3.84. The van der Waals surface area contributed by atoms with E-state index in [1.54, 1.807) is 11.1 Å². The number of hydrogen-bond acceptors (Lipinski definition) is 5. The number of alkyl carbamates (subject to hydrolysis) is 1. The average Bonchev–Trinajstić information content (AvgIpc) is 2.58. The molecule has 2 rings (SSSR count). The Morgan fingerprint density at radius 2 is 2.11 bits per heavy atom. The van der Waals surface area contributed by atoms with E-state index in [0.717, 1.165) is 24.2 Å². The second-order valence-electron chi connectivity index (χ2n) is 7.97. The van der Waals surface area contributed by atoms with Crippen molar-refractivity contribution in [1.82, 2.24) is 20.5 Å². The van der Waals surface area contributed by atoms with E-state index in [0.29, 0.717) is 19.6 Å². The van der Waals surface area contributed by atoms with Gasteiger partial charge in [-0.05, 0) is 39.7 Å². The molecule has 1 aromatic rings. The van der Waals surface area contributed by atoms with Gasteiger partial charge in [-0.1, -0.05) is 6.07 Å². The average molecular weight is 377 g/mol. The van der Waals surface area contributed by atoms with E-state index < -0.39 is 11.7 Å². The van der Waals surface area contributed by atoms with Crippen LogP contribution in [0.1, 0.15) is 39.2 Å². The number of pyridine rings is 1. The van der Waals surface area contributed by atoms with Gasteiger partial charge in [0.2, 0.25) is 0 Å². The van der Waals surface area contributed by atoms with Gasteiger partial charge in [-0.2, -0.15) is 0 Å². The van der Waals surface area contributed by atoms with Crippen molar-refractivity contribution in [3.05, 3.63) is 23.9 Å². The van der Waals surface area contributed by atoms with Crippen LogP contribution in [0, 0.1) is 0 Å². The van der Waals surface area contributed by atoms with Crippen LogP contribution in [-0.4, -0.2) is 60.8 Å². The number of rotatable bonds is 4. The Hall–Kier alpha value is -2.51. The number of aromatic nitrogens is 1. The number of nitrogens with zero attached hydrogens (tertiary/aromatic N) is 3. The van der Waals surface area contributed by atoms with E-state index in [1.807, 2.05) is 51.9 Å². The highest BCUT2D eigenvalue weighted by atomic mass is 16.6. The Bertz CT molecular complexity index is 657. The lowest BCUT2D eigenvalue weighted by atomic mass is 10.1. The largest absolute Gasteiger partial charge is 0.444 e.